The summed E-state index contributed by atoms with van der Waals surface area (Å²) in [4.78, 5) is 0. The van der Waals surface area contributed by atoms with E-state index >= 15 is 0 Å². The van der Waals surface area contributed by atoms with Crippen LogP contribution in [0.4, 0.5) is 0 Å². The van der Waals surface area contributed by atoms with Gasteiger partial charge < -0.3 is 10.4 Å². The maximum absolute atomic E-state index is 9.52. The van der Waals surface area contributed by atoms with Gasteiger partial charge in [0.1, 0.15) is 0 Å². The molecule has 0 radical (unpaired) electrons. The summed E-state index contributed by atoms with van der Waals surface area (Å²) in [6.45, 7) is 8.03. The zero-order chi connectivity index (χ0) is 13.0. The van der Waals surface area contributed by atoms with Gasteiger partial charge in [-0.15, -0.1) is 0 Å². The second-order valence-corrected chi connectivity index (χ2v) is 5.79. The molecule has 17 heavy (non-hydrogen) atoms. The van der Waals surface area contributed by atoms with Gasteiger partial charge in [0.25, 0.3) is 0 Å². The highest BCUT2D eigenvalue weighted by atomic mass is 16.3. The van der Waals surface area contributed by atoms with Crippen molar-refractivity contribution in [3.63, 3.8) is 0 Å². The Balaban J connectivity index is 2.99. The summed E-state index contributed by atoms with van der Waals surface area (Å²) in [7, 11) is 0. The van der Waals surface area contributed by atoms with Crippen molar-refractivity contribution in [2.45, 2.75) is 84.2 Å². The molecule has 0 aromatic rings. The molecule has 0 bridgehead atoms. The predicted molar refractivity (Wildman–Crippen MR) is 76.4 cm³/mol. The Bertz CT molecular complexity index is 151. The lowest BCUT2D eigenvalue weighted by atomic mass is 10.1. The molecule has 0 aromatic carbocycles. The molecule has 0 amide bonds. The van der Waals surface area contributed by atoms with Crippen molar-refractivity contribution in [1.82, 2.24) is 5.32 Å². The Labute approximate surface area is 108 Å². The highest BCUT2D eigenvalue weighted by molar-refractivity contribution is 4.66. The van der Waals surface area contributed by atoms with Crippen molar-refractivity contribution in [2.24, 2.45) is 0 Å². The molecule has 0 aliphatic rings. The van der Waals surface area contributed by atoms with Crippen LogP contribution in [0.1, 0.15) is 78.6 Å². The van der Waals surface area contributed by atoms with Gasteiger partial charge in [-0.25, -0.2) is 0 Å². The zero-order valence-electron chi connectivity index (χ0n) is 12.2. The van der Waals surface area contributed by atoms with Gasteiger partial charge >= 0.3 is 0 Å². The minimum Gasteiger partial charge on any atom is -0.390 e. The SMILES string of the molecule is CCCCCCCCCCNCCC(C)(C)O. The molecule has 2 nitrogen and oxygen atoms in total. The number of unbranched alkanes of at least 4 members (excludes halogenated alkanes) is 7. The smallest absolute Gasteiger partial charge is 0.0603 e. The Morgan fingerprint density at radius 1 is 0.824 bits per heavy atom. The Kier molecular flexibility index (Phi) is 11.0. The molecule has 0 unspecified atom stereocenters. The van der Waals surface area contributed by atoms with E-state index in [9.17, 15) is 5.11 Å². The van der Waals surface area contributed by atoms with E-state index in [2.05, 4.69) is 12.2 Å². The zero-order valence-corrected chi connectivity index (χ0v) is 12.2. The summed E-state index contributed by atoms with van der Waals surface area (Å²) in [5.74, 6) is 0. The topological polar surface area (TPSA) is 32.3 Å². The number of rotatable bonds is 12. The third kappa shape index (κ3) is 15.9. The van der Waals surface area contributed by atoms with Crippen LogP contribution in [0, 0.1) is 0 Å². The van der Waals surface area contributed by atoms with Crippen LogP contribution in [-0.2, 0) is 0 Å². The molecule has 0 atom stereocenters. The lowest BCUT2D eigenvalue weighted by molar-refractivity contribution is 0.0712. The van der Waals surface area contributed by atoms with Crippen LogP contribution < -0.4 is 5.32 Å². The fourth-order valence-electron chi connectivity index (χ4n) is 1.90. The molecule has 0 fully saturated rings. The van der Waals surface area contributed by atoms with E-state index in [-0.39, 0.29) is 0 Å². The third-order valence-corrected chi connectivity index (χ3v) is 3.12. The van der Waals surface area contributed by atoms with Gasteiger partial charge in [-0.1, -0.05) is 51.9 Å². The van der Waals surface area contributed by atoms with E-state index in [0.717, 1.165) is 19.5 Å². The van der Waals surface area contributed by atoms with Gasteiger partial charge in [-0.05, 0) is 39.8 Å². The van der Waals surface area contributed by atoms with Crippen LogP contribution in [0.5, 0.6) is 0 Å². The lowest BCUT2D eigenvalue weighted by Crippen LogP contribution is -2.27. The molecule has 0 aliphatic carbocycles. The van der Waals surface area contributed by atoms with Crippen LogP contribution in [-0.4, -0.2) is 23.8 Å². The first kappa shape index (κ1) is 16.9. The van der Waals surface area contributed by atoms with Gasteiger partial charge in [0.15, 0.2) is 0 Å². The van der Waals surface area contributed by atoms with Crippen molar-refractivity contribution < 1.29 is 5.11 Å². The van der Waals surface area contributed by atoms with Crippen LogP contribution in [0.2, 0.25) is 0 Å². The molecule has 0 saturated heterocycles. The summed E-state index contributed by atoms with van der Waals surface area (Å²) >= 11 is 0. The molecule has 2 N–H and O–H groups in total. The minimum absolute atomic E-state index is 0.522. The van der Waals surface area contributed by atoms with E-state index < -0.39 is 5.60 Å². The summed E-state index contributed by atoms with van der Waals surface area (Å²) in [6.07, 6.45) is 11.8. The van der Waals surface area contributed by atoms with Crippen LogP contribution in [0.3, 0.4) is 0 Å². The van der Waals surface area contributed by atoms with E-state index in [1.54, 1.807) is 0 Å². The summed E-state index contributed by atoms with van der Waals surface area (Å²) in [5, 5.41) is 12.9. The van der Waals surface area contributed by atoms with E-state index in [4.69, 9.17) is 0 Å². The van der Waals surface area contributed by atoms with Gasteiger partial charge in [-0.3, -0.25) is 0 Å². The molecule has 0 spiro atoms. The number of hydrogen-bond acceptors (Lipinski definition) is 2. The van der Waals surface area contributed by atoms with E-state index in [1.165, 1.54) is 51.4 Å². The molecule has 0 aliphatic heterocycles. The van der Waals surface area contributed by atoms with Crippen LogP contribution >= 0.6 is 0 Å². The Morgan fingerprint density at radius 3 is 1.88 bits per heavy atom. The second-order valence-electron chi connectivity index (χ2n) is 5.79. The van der Waals surface area contributed by atoms with Crippen LogP contribution in [0.15, 0.2) is 0 Å². The molecule has 104 valence electrons. The normalized spacial score (nSPS) is 12.0. The fraction of sp³-hybridized carbons (Fsp3) is 1.00. The Morgan fingerprint density at radius 2 is 1.35 bits per heavy atom. The predicted octanol–water partition coefficient (Wildman–Crippen LogP) is 3.88. The lowest BCUT2D eigenvalue weighted by Gasteiger charge is -2.16. The summed E-state index contributed by atoms with van der Waals surface area (Å²) < 4.78 is 0. The van der Waals surface area contributed by atoms with Crippen molar-refractivity contribution in [1.29, 1.82) is 0 Å². The highest BCUT2D eigenvalue weighted by Gasteiger charge is 2.10. The highest BCUT2D eigenvalue weighted by Crippen LogP contribution is 2.08. The fourth-order valence-corrected chi connectivity index (χ4v) is 1.90. The number of aliphatic hydroxyl groups is 1. The standard InChI is InChI=1S/C15H33NO/c1-4-5-6-7-8-9-10-11-13-16-14-12-15(2,3)17/h16-17H,4-14H2,1-3H3. The first-order chi connectivity index (χ1) is 8.06. The monoisotopic (exact) mass is 243 g/mol. The van der Waals surface area contributed by atoms with Crippen molar-refractivity contribution in [3.8, 4) is 0 Å². The number of nitrogens with one attached hydrogen (secondary N) is 1. The molecular weight excluding hydrogens is 210 g/mol. The molecular formula is C15H33NO. The van der Waals surface area contributed by atoms with Gasteiger partial charge in [0, 0.05) is 0 Å². The second kappa shape index (κ2) is 11.0. The van der Waals surface area contributed by atoms with Gasteiger partial charge in [0.05, 0.1) is 5.60 Å². The first-order valence-electron chi connectivity index (χ1n) is 7.49. The number of hydrogen-bond donors (Lipinski definition) is 2. The maximum Gasteiger partial charge on any atom is 0.0603 e. The third-order valence-electron chi connectivity index (χ3n) is 3.12. The summed E-state index contributed by atoms with van der Waals surface area (Å²) in [6, 6.07) is 0. The first-order valence-corrected chi connectivity index (χ1v) is 7.49. The molecule has 0 heterocycles. The van der Waals surface area contributed by atoms with Gasteiger partial charge in [0.2, 0.25) is 0 Å². The maximum atomic E-state index is 9.52. The average molecular weight is 243 g/mol. The van der Waals surface area contributed by atoms with E-state index in [0.29, 0.717) is 0 Å². The van der Waals surface area contributed by atoms with Crippen LogP contribution in [0.25, 0.3) is 0 Å². The Hall–Kier alpha value is -0.0800. The van der Waals surface area contributed by atoms with E-state index in [1.807, 2.05) is 13.8 Å². The molecule has 0 saturated carbocycles. The molecule has 2 heteroatoms. The van der Waals surface area contributed by atoms with Crippen molar-refractivity contribution in [3.05, 3.63) is 0 Å². The van der Waals surface area contributed by atoms with Crippen molar-refractivity contribution >= 4 is 0 Å². The quantitative estimate of drug-likeness (QED) is 0.510. The van der Waals surface area contributed by atoms with Crippen molar-refractivity contribution in [2.75, 3.05) is 13.1 Å². The average Bonchev–Trinajstić information content (AvgIpc) is 2.24. The van der Waals surface area contributed by atoms with Gasteiger partial charge in [-0.2, -0.15) is 0 Å². The molecule has 0 rings (SSSR count). The molecule has 0 aromatic heterocycles. The summed E-state index contributed by atoms with van der Waals surface area (Å²) in [5.41, 5.74) is -0.522. The minimum atomic E-state index is -0.522. The largest absolute Gasteiger partial charge is 0.390 e.